The number of nitrogens with zero attached hydrogens (tertiary/aromatic N) is 3. The second kappa shape index (κ2) is 7.97. The summed E-state index contributed by atoms with van der Waals surface area (Å²) in [4.78, 5) is 27.9. The van der Waals surface area contributed by atoms with Crippen molar-refractivity contribution in [3.63, 3.8) is 0 Å². The van der Waals surface area contributed by atoms with Crippen LogP contribution in [0.4, 0.5) is 11.5 Å². The number of ether oxygens (including phenoxy) is 1. The van der Waals surface area contributed by atoms with Crippen molar-refractivity contribution in [2.24, 2.45) is 0 Å². The molecule has 2 aromatic rings. The molecular weight excluding hydrogens is 356 g/mol. The quantitative estimate of drug-likeness (QED) is 0.853. The number of aromatic nitrogens is 2. The number of hydrogen-bond donors (Lipinski definition) is 1. The predicted molar refractivity (Wildman–Crippen MR) is 103 cm³/mol. The number of rotatable bonds is 5. The van der Waals surface area contributed by atoms with Crippen molar-refractivity contribution >= 4 is 23.1 Å². The van der Waals surface area contributed by atoms with Crippen molar-refractivity contribution in [2.45, 2.75) is 26.4 Å². The lowest BCUT2D eigenvalue weighted by atomic mass is 10.2. The highest BCUT2D eigenvalue weighted by Gasteiger charge is 2.23. The second-order valence-electron chi connectivity index (χ2n) is 6.25. The minimum atomic E-state index is -0.411. The molecule has 0 spiro atoms. The van der Waals surface area contributed by atoms with Gasteiger partial charge in [0.2, 0.25) is 0 Å². The zero-order valence-corrected chi connectivity index (χ0v) is 15.5. The molecule has 0 saturated carbocycles. The summed E-state index contributed by atoms with van der Waals surface area (Å²) in [7, 11) is 0. The molecule has 0 atom stereocenters. The van der Waals surface area contributed by atoms with Crippen molar-refractivity contribution in [3.05, 3.63) is 55.7 Å². The molecule has 1 aliphatic rings. The molecule has 2 heterocycles. The zero-order valence-electron chi connectivity index (χ0n) is 14.8. The van der Waals surface area contributed by atoms with E-state index in [1.54, 1.807) is 6.07 Å². The van der Waals surface area contributed by atoms with Crippen molar-refractivity contribution in [2.75, 3.05) is 36.9 Å². The fraction of sp³-hybridized carbons (Fsp3) is 0.444. The lowest BCUT2D eigenvalue weighted by Gasteiger charge is -2.30. The average molecular weight is 379 g/mol. The molecule has 26 heavy (non-hydrogen) atoms. The van der Waals surface area contributed by atoms with E-state index in [1.807, 2.05) is 30.0 Å². The maximum atomic E-state index is 13.1. The van der Waals surface area contributed by atoms with E-state index >= 15 is 0 Å². The van der Waals surface area contributed by atoms with Crippen LogP contribution in [0.1, 0.15) is 18.9 Å². The molecule has 0 aliphatic carbocycles. The number of benzene rings is 1. The van der Waals surface area contributed by atoms with Crippen LogP contribution in [0.2, 0.25) is 5.02 Å². The standard InChI is InChI=1S/C18H23ClN4O3/c1-2-7-22-16(20)15(21-8-10-26-11-9-21)17(24)23(18(22)25)12-13-5-3-4-6-14(13)19/h3-6H,2,7-12,20H2,1H3. The molecule has 0 amide bonds. The van der Waals surface area contributed by atoms with Crippen LogP contribution in [0.15, 0.2) is 33.9 Å². The fourth-order valence-corrected chi connectivity index (χ4v) is 3.36. The molecule has 1 saturated heterocycles. The first-order valence-electron chi connectivity index (χ1n) is 8.73. The summed E-state index contributed by atoms with van der Waals surface area (Å²) < 4.78 is 8.06. The highest BCUT2D eigenvalue weighted by atomic mass is 35.5. The van der Waals surface area contributed by atoms with Crippen LogP contribution in [0.5, 0.6) is 0 Å². The van der Waals surface area contributed by atoms with Gasteiger partial charge in [-0.2, -0.15) is 0 Å². The van der Waals surface area contributed by atoms with Gasteiger partial charge < -0.3 is 15.4 Å². The first kappa shape index (κ1) is 18.5. The first-order valence-corrected chi connectivity index (χ1v) is 9.11. The molecule has 1 aromatic heterocycles. The molecule has 1 aromatic carbocycles. The Morgan fingerprint density at radius 1 is 1.15 bits per heavy atom. The Morgan fingerprint density at radius 2 is 1.85 bits per heavy atom. The van der Waals surface area contributed by atoms with Gasteiger partial charge in [0.05, 0.1) is 19.8 Å². The van der Waals surface area contributed by atoms with Gasteiger partial charge in [0.25, 0.3) is 5.56 Å². The molecule has 1 fully saturated rings. The molecule has 2 N–H and O–H groups in total. The molecule has 3 rings (SSSR count). The Hall–Kier alpha value is -2.25. The minimum Gasteiger partial charge on any atom is -0.383 e. The normalized spacial score (nSPS) is 14.6. The summed E-state index contributed by atoms with van der Waals surface area (Å²) in [5.41, 5.74) is 6.52. The fourth-order valence-electron chi connectivity index (χ4n) is 3.16. The van der Waals surface area contributed by atoms with E-state index in [1.165, 1.54) is 9.13 Å². The average Bonchev–Trinajstić information content (AvgIpc) is 2.65. The van der Waals surface area contributed by atoms with Crippen molar-refractivity contribution in [3.8, 4) is 0 Å². The molecule has 7 nitrogen and oxygen atoms in total. The van der Waals surface area contributed by atoms with Crippen LogP contribution in [-0.4, -0.2) is 35.4 Å². The lowest BCUT2D eigenvalue weighted by Crippen LogP contribution is -2.47. The van der Waals surface area contributed by atoms with Crippen LogP contribution in [0.25, 0.3) is 0 Å². The Bertz CT molecular complexity index is 900. The predicted octanol–water partition coefficient (Wildman–Crippen LogP) is 1.54. The topological polar surface area (TPSA) is 82.5 Å². The van der Waals surface area contributed by atoms with Gasteiger partial charge in [-0.3, -0.25) is 13.9 Å². The summed E-state index contributed by atoms with van der Waals surface area (Å²) >= 11 is 6.22. The molecule has 0 radical (unpaired) electrons. The Labute approximate surface area is 156 Å². The Balaban J connectivity index is 2.16. The number of halogens is 1. The summed E-state index contributed by atoms with van der Waals surface area (Å²) in [5.74, 6) is 0.221. The van der Waals surface area contributed by atoms with E-state index in [0.717, 1.165) is 6.42 Å². The van der Waals surface area contributed by atoms with Gasteiger partial charge in [0.15, 0.2) is 0 Å². The Morgan fingerprint density at radius 3 is 2.50 bits per heavy atom. The van der Waals surface area contributed by atoms with E-state index in [0.29, 0.717) is 49.1 Å². The smallest absolute Gasteiger partial charge is 0.332 e. The van der Waals surface area contributed by atoms with E-state index in [2.05, 4.69) is 0 Å². The maximum absolute atomic E-state index is 13.1. The third kappa shape index (κ3) is 3.50. The third-order valence-electron chi connectivity index (χ3n) is 4.50. The molecule has 1 aliphatic heterocycles. The number of nitrogens with two attached hydrogens (primary N) is 1. The number of anilines is 2. The van der Waals surface area contributed by atoms with Crippen LogP contribution in [0, 0.1) is 0 Å². The SMILES string of the molecule is CCCn1c(N)c(N2CCOCC2)c(=O)n(Cc2ccccc2Cl)c1=O. The van der Waals surface area contributed by atoms with Crippen LogP contribution in [-0.2, 0) is 17.8 Å². The molecule has 140 valence electrons. The van der Waals surface area contributed by atoms with Gasteiger partial charge >= 0.3 is 5.69 Å². The maximum Gasteiger partial charge on any atom is 0.332 e. The van der Waals surface area contributed by atoms with Gasteiger partial charge in [0, 0.05) is 24.7 Å². The minimum absolute atomic E-state index is 0.110. The number of hydrogen-bond acceptors (Lipinski definition) is 5. The largest absolute Gasteiger partial charge is 0.383 e. The molecule has 8 heteroatoms. The molecular formula is C18H23ClN4O3. The van der Waals surface area contributed by atoms with Crippen molar-refractivity contribution < 1.29 is 4.74 Å². The summed E-state index contributed by atoms with van der Waals surface area (Å²) in [6.07, 6.45) is 0.733. The first-order chi connectivity index (χ1) is 12.5. The van der Waals surface area contributed by atoms with Gasteiger partial charge in [-0.05, 0) is 18.1 Å². The second-order valence-corrected chi connectivity index (χ2v) is 6.66. The molecule has 0 unspecified atom stereocenters. The lowest BCUT2D eigenvalue weighted by molar-refractivity contribution is 0.122. The summed E-state index contributed by atoms with van der Waals surface area (Å²) in [5, 5.41) is 0.519. The number of nitrogen functional groups attached to an aromatic ring is 1. The Kier molecular flexibility index (Phi) is 5.68. The van der Waals surface area contributed by atoms with E-state index in [-0.39, 0.29) is 17.9 Å². The number of morpholine rings is 1. The third-order valence-corrected chi connectivity index (χ3v) is 4.87. The zero-order chi connectivity index (χ0) is 18.7. The van der Waals surface area contributed by atoms with E-state index in [4.69, 9.17) is 22.1 Å². The van der Waals surface area contributed by atoms with E-state index in [9.17, 15) is 9.59 Å². The van der Waals surface area contributed by atoms with Gasteiger partial charge in [-0.15, -0.1) is 0 Å². The summed E-state index contributed by atoms with van der Waals surface area (Å²) in [6.45, 7) is 4.70. The van der Waals surface area contributed by atoms with Gasteiger partial charge in [0.1, 0.15) is 11.5 Å². The van der Waals surface area contributed by atoms with Gasteiger partial charge in [-0.1, -0.05) is 36.7 Å². The van der Waals surface area contributed by atoms with Crippen LogP contribution >= 0.6 is 11.6 Å². The van der Waals surface area contributed by atoms with Crippen LogP contribution < -0.4 is 21.9 Å². The highest BCUT2D eigenvalue weighted by Crippen LogP contribution is 2.20. The van der Waals surface area contributed by atoms with Crippen molar-refractivity contribution in [1.29, 1.82) is 0 Å². The monoisotopic (exact) mass is 378 g/mol. The highest BCUT2D eigenvalue weighted by molar-refractivity contribution is 6.31. The summed E-state index contributed by atoms with van der Waals surface area (Å²) in [6, 6.07) is 7.19. The van der Waals surface area contributed by atoms with Gasteiger partial charge in [-0.25, -0.2) is 4.79 Å². The van der Waals surface area contributed by atoms with Crippen molar-refractivity contribution in [1.82, 2.24) is 9.13 Å². The van der Waals surface area contributed by atoms with Crippen LogP contribution in [0.3, 0.4) is 0 Å². The van der Waals surface area contributed by atoms with E-state index < -0.39 is 5.69 Å². The molecule has 0 bridgehead atoms.